The van der Waals surface area contributed by atoms with E-state index in [1.54, 1.807) is 18.7 Å². The van der Waals surface area contributed by atoms with Crippen LogP contribution in [0.4, 0.5) is 0 Å². The first-order chi connectivity index (χ1) is 10.2. The number of aromatic nitrogens is 2. The van der Waals surface area contributed by atoms with E-state index in [0.29, 0.717) is 5.56 Å². The van der Waals surface area contributed by atoms with E-state index >= 15 is 0 Å². The number of imidazole rings is 1. The zero-order chi connectivity index (χ0) is 14.8. The van der Waals surface area contributed by atoms with Gasteiger partial charge in [0.2, 0.25) is 0 Å². The van der Waals surface area contributed by atoms with Crippen molar-refractivity contribution in [2.75, 3.05) is 0 Å². The van der Waals surface area contributed by atoms with E-state index < -0.39 is 5.97 Å². The number of hydrogen-bond donors (Lipinski definition) is 1. The van der Waals surface area contributed by atoms with Crippen LogP contribution < -0.4 is 0 Å². The van der Waals surface area contributed by atoms with E-state index in [1.165, 1.54) is 0 Å². The lowest BCUT2D eigenvalue weighted by Crippen LogP contribution is -2.06. The topological polar surface area (TPSA) is 55.1 Å². The summed E-state index contributed by atoms with van der Waals surface area (Å²) in [6.07, 6.45) is 5.14. The van der Waals surface area contributed by atoms with Crippen LogP contribution in [0.5, 0.6) is 0 Å². The summed E-state index contributed by atoms with van der Waals surface area (Å²) >= 11 is 0. The highest BCUT2D eigenvalue weighted by atomic mass is 16.4. The van der Waals surface area contributed by atoms with E-state index in [-0.39, 0.29) is 0 Å². The third kappa shape index (κ3) is 2.31. The molecule has 1 N–H and O–H groups in total. The maximum atomic E-state index is 11.7. The molecule has 0 saturated heterocycles. The molecule has 0 aliphatic heterocycles. The summed E-state index contributed by atoms with van der Waals surface area (Å²) < 4.78 is 1.82. The van der Waals surface area contributed by atoms with Gasteiger partial charge in [-0.3, -0.25) is 0 Å². The van der Waals surface area contributed by atoms with Crippen LogP contribution in [0.3, 0.4) is 0 Å². The van der Waals surface area contributed by atoms with Crippen LogP contribution in [0.1, 0.15) is 15.9 Å². The van der Waals surface area contributed by atoms with Gasteiger partial charge in [0.1, 0.15) is 0 Å². The minimum atomic E-state index is -0.923. The Morgan fingerprint density at radius 3 is 2.52 bits per heavy atom. The van der Waals surface area contributed by atoms with Crippen LogP contribution in [-0.2, 0) is 0 Å². The lowest BCUT2D eigenvalue weighted by atomic mass is 9.94. The van der Waals surface area contributed by atoms with Crippen LogP contribution in [-0.4, -0.2) is 20.6 Å². The van der Waals surface area contributed by atoms with Crippen molar-refractivity contribution in [2.45, 2.75) is 6.92 Å². The van der Waals surface area contributed by atoms with Gasteiger partial charge in [-0.2, -0.15) is 0 Å². The average Bonchev–Trinajstić information content (AvgIpc) is 3.01. The molecule has 0 unspecified atom stereocenters. The van der Waals surface area contributed by atoms with Crippen molar-refractivity contribution in [3.63, 3.8) is 0 Å². The van der Waals surface area contributed by atoms with Gasteiger partial charge < -0.3 is 9.67 Å². The van der Waals surface area contributed by atoms with Gasteiger partial charge in [-0.25, -0.2) is 9.78 Å². The van der Waals surface area contributed by atoms with Crippen molar-refractivity contribution in [3.05, 3.63) is 72.3 Å². The van der Waals surface area contributed by atoms with Crippen molar-refractivity contribution >= 4 is 5.97 Å². The predicted octanol–water partition coefficient (Wildman–Crippen LogP) is 3.55. The number of hydrogen-bond acceptors (Lipinski definition) is 2. The molecular formula is C17H14N2O2. The van der Waals surface area contributed by atoms with Gasteiger partial charge in [0.15, 0.2) is 0 Å². The second-order valence-electron chi connectivity index (χ2n) is 4.77. The van der Waals surface area contributed by atoms with E-state index in [9.17, 15) is 9.90 Å². The third-order valence-corrected chi connectivity index (χ3v) is 3.52. The van der Waals surface area contributed by atoms with Gasteiger partial charge >= 0.3 is 5.97 Å². The highest BCUT2D eigenvalue weighted by Crippen LogP contribution is 2.29. The predicted molar refractivity (Wildman–Crippen MR) is 80.7 cm³/mol. The van der Waals surface area contributed by atoms with E-state index in [4.69, 9.17) is 0 Å². The van der Waals surface area contributed by atoms with Crippen molar-refractivity contribution < 1.29 is 9.90 Å². The normalized spacial score (nSPS) is 10.5. The summed E-state index contributed by atoms with van der Waals surface area (Å²) in [5.41, 5.74) is 3.50. The SMILES string of the molecule is Cc1c(-n2ccnc2)ccc(-c2ccccc2)c1C(=O)O. The molecule has 0 atom stereocenters. The Balaban J connectivity index is 2.24. The molecular weight excluding hydrogens is 264 g/mol. The maximum Gasteiger partial charge on any atom is 0.336 e. The Hall–Kier alpha value is -2.88. The molecule has 0 radical (unpaired) electrons. The summed E-state index contributed by atoms with van der Waals surface area (Å²) in [6.45, 7) is 1.82. The maximum absolute atomic E-state index is 11.7. The van der Waals surface area contributed by atoms with Crippen LogP contribution >= 0.6 is 0 Å². The molecule has 4 heteroatoms. The molecule has 1 aromatic heterocycles. The van der Waals surface area contributed by atoms with Crippen LogP contribution in [0, 0.1) is 6.92 Å². The lowest BCUT2D eigenvalue weighted by molar-refractivity contribution is 0.0697. The molecule has 0 saturated carbocycles. The first kappa shape index (κ1) is 13.1. The Morgan fingerprint density at radius 2 is 1.90 bits per heavy atom. The number of benzene rings is 2. The second-order valence-corrected chi connectivity index (χ2v) is 4.77. The average molecular weight is 278 g/mol. The first-order valence-electron chi connectivity index (χ1n) is 6.59. The molecule has 2 aromatic carbocycles. The van der Waals surface area contributed by atoms with Crippen molar-refractivity contribution in [3.8, 4) is 16.8 Å². The molecule has 3 aromatic rings. The molecule has 1 heterocycles. The molecule has 4 nitrogen and oxygen atoms in total. The quantitative estimate of drug-likeness (QED) is 0.797. The van der Waals surface area contributed by atoms with Gasteiger partial charge in [-0.1, -0.05) is 36.4 Å². The number of nitrogens with zero attached hydrogens (tertiary/aromatic N) is 2. The Kier molecular flexibility index (Phi) is 3.28. The number of carboxylic acids is 1. The number of aromatic carboxylic acids is 1. The number of carbonyl (C=O) groups is 1. The van der Waals surface area contributed by atoms with Crippen LogP contribution in [0.2, 0.25) is 0 Å². The molecule has 0 aliphatic carbocycles. The van der Waals surface area contributed by atoms with Crippen molar-refractivity contribution in [1.82, 2.24) is 9.55 Å². The largest absolute Gasteiger partial charge is 0.478 e. The molecule has 0 spiro atoms. The lowest BCUT2D eigenvalue weighted by Gasteiger charge is -2.14. The minimum Gasteiger partial charge on any atom is -0.478 e. The van der Waals surface area contributed by atoms with E-state index in [1.807, 2.05) is 54.0 Å². The summed E-state index contributed by atoms with van der Waals surface area (Å²) in [5, 5.41) is 9.60. The summed E-state index contributed by atoms with van der Waals surface area (Å²) in [4.78, 5) is 15.7. The Morgan fingerprint density at radius 1 is 1.14 bits per heavy atom. The number of rotatable bonds is 3. The highest BCUT2D eigenvalue weighted by Gasteiger charge is 2.17. The van der Waals surface area contributed by atoms with Crippen molar-refractivity contribution in [1.29, 1.82) is 0 Å². The number of carboxylic acid groups (broad SMARTS) is 1. The highest BCUT2D eigenvalue weighted by molar-refractivity contribution is 5.98. The molecule has 104 valence electrons. The molecule has 0 fully saturated rings. The first-order valence-corrected chi connectivity index (χ1v) is 6.59. The summed E-state index contributed by atoms with van der Waals surface area (Å²) in [6, 6.07) is 13.3. The molecule has 3 rings (SSSR count). The standard InChI is InChI=1S/C17H14N2O2/c1-12-15(19-10-9-18-11-19)8-7-14(16(12)17(20)21)13-5-3-2-4-6-13/h2-11H,1H3,(H,20,21). The van der Waals surface area contributed by atoms with Gasteiger partial charge in [0, 0.05) is 12.4 Å². The monoisotopic (exact) mass is 278 g/mol. The molecule has 0 aliphatic rings. The van der Waals surface area contributed by atoms with Crippen LogP contribution in [0.25, 0.3) is 16.8 Å². The Labute approximate surface area is 122 Å². The molecule has 0 bridgehead atoms. The fourth-order valence-electron chi connectivity index (χ4n) is 2.52. The van der Waals surface area contributed by atoms with E-state index in [2.05, 4.69) is 4.98 Å². The zero-order valence-corrected chi connectivity index (χ0v) is 11.5. The van der Waals surface area contributed by atoms with Crippen molar-refractivity contribution in [2.24, 2.45) is 0 Å². The summed E-state index contributed by atoms with van der Waals surface area (Å²) in [7, 11) is 0. The zero-order valence-electron chi connectivity index (χ0n) is 11.5. The Bertz CT molecular complexity index is 778. The van der Waals surface area contributed by atoms with Gasteiger partial charge in [0.05, 0.1) is 17.6 Å². The van der Waals surface area contributed by atoms with Gasteiger partial charge in [0.25, 0.3) is 0 Å². The van der Waals surface area contributed by atoms with E-state index in [0.717, 1.165) is 22.4 Å². The smallest absolute Gasteiger partial charge is 0.336 e. The van der Waals surface area contributed by atoms with Crippen LogP contribution in [0.15, 0.2) is 61.2 Å². The molecule has 0 amide bonds. The van der Waals surface area contributed by atoms with Gasteiger partial charge in [-0.05, 0) is 29.7 Å². The third-order valence-electron chi connectivity index (χ3n) is 3.52. The summed E-state index contributed by atoms with van der Waals surface area (Å²) in [5.74, 6) is -0.923. The van der Waals surface area contributed by atoms with Gasteiger partial charge in [-0.15, -0.1) is 0 Å². The molecule has 21 heavy (non-hydrogen) atoms. The fraction of sp³-hybridized carbons (Fsp3) is 0.0588. The second kappa shape index (κ2) is 5.25. The fourth-order valence-corrected chi connectivity index (χ4v) is 2.52. The minimum absolute atomic E-state index is 0.326.